The summed E-state index contributed by atoms with van der Waals surface area (Å²) in [4.78, 5) is 31.6. The van der Waals surface area contributed by atoms with Gasteiger partial charge in [-0.2, -0.15) is 0 Å². The van der Waals surface area contributed by atoms with E-state index in [1.807, 2.05) is 44.3 Å². The van der Waals surface area contributed by atoms with Crippen LogP contribution in [0.5, 0.6) is 0 Å². The van der Waals surface area contributed by atoms with Gasteiger partial charge < -0.3 is 20.6 Å². The molecule has 2 atom stereocenters. The molecule has 1 aromatic carbocycles. The molecule has 2 heterocycles. The van der Waals surface area contributed by atoms with Gasteiger partial charge in [-0.1, -0.05) is 30.4 Å². The molecular formula is C30H38N4O3. The maximum atomic E-state index is 12.9. The summed E-state index contributed by atoms with van der Waals surface area (Å²) in [6.45, 7) is 8.77. The van der Waals surface area contributed by atoms with Gasteiger partial charge in [-0.25, -0.2) is 9.78 Å². The van der Waals surface area contributed by atoms with E-state index in [2.05, 4.69) is 51.7 Å². The highest BCUT2D eigenvalue weighted by Gasteiger charge is 2.27. The predicted molar refractivity (Wildman–Crippen MR) is 147 cm³/mol. The van der Waals surface area contributed by atoms with Gasteiger partial charge in [0.2, 0.25) is 0 Å². The molecule has 4 rings (SSSR count). The number of aliphatic carboxylic acids is 1. The number of nitrogens with one attached hydrogen (secondary N) is 2. The molecule has 0 saturated carbocycles. The number of amides is 1. The third kappa shape index (κ3) is 7.00. The first-order chi connectivity index (χ1) is 17.8. The third-order valence-corrected chi connectivity index (χ3v) is 7.49. The van der Waals surface area contributed by atoms with Crippen molar-refractivity contribution >= 4 is 17.7 Å². The number of likely N-dealkylation sites (tertiary alicyclic amines) is 1. The predicted octanol–water partition coefficient (Wildman–Crippen LogP) is 4.86. The number of rotatable bonds is 9. The topological polar surface area (TPSA) is 94.6 Å². The SMILES string of the molecule is Cc1ccnc(NCC2CCN(C3=CCC(CC(NC(=O)c4c(C)cccc4C)C(=O)O)C=C3)CC2)c1. The van der Waals surface area contributed by atoms with E-state index in [0.717, 1.165) is 55.8 Å². The normalized spacial score (nSPS) is 18.7. The monoisotopic (exact) mass is 502 g/mol. The molecule has 2 aromatic rings. The number of anilines is 1. The van der Waals surface area contributed by atoms with E-state index in [1.54, 1.807) is 0 Å². The van der Waals surface area contributed by atoms with E-state index in [9.17, 15) is 14.7 Å². The van der Waals surface area contributed by atoms with Crippen molar-refractivity contribution in [2.45, 2.75) is 52.5 Å². The zero-order valence-corrected chi connectivity index (χ0v) is 22.0. The Labute approximate surface area is 219 Å². The van der Waals surface area contributed by atoms with E-state index in [0.29, 0.717) is 17.9 Å². The van der Waals surface area contributed by atoms with Gasteiger partial charge in [0, 0.05) is 37.1 Å². The Morgan fingerprint density at radius 2 is 1.86 bits per heavy atom. The minimum atomic E-state index is -1.00. The fourth-order valence-electron chi connectivity index (χ4n) is 5.27. The molecule has 1 aromatic heterocycles. The van der Waals surface area contributed by atoms with Gasteiger partial charge in [0.15, 0.2) is 0 Å². The maximum absolute atomic E-state index is 12.9. The molecule has 0 bridgehead atoms. The first kappa shape index (κ1) is 26.5. The van der Waals surface area contributed by atoms with Gasteiger partial charge in [0.25, 0.3) is 5.91 Å². The van der Waals surface area contributed by atoms with Crippen LogP contribution in [0.1, 0.15) is 52.7 Å². The first-order valence-corrected chi connectivity index (χ1v) is 13.2. The van der Waals surface area contributed by atoms with E-state index >= 15 is 0 Å². The Hall–Kier alpha value is -3.61. The molecule has 37 heavy (non-hydrogen) atoms. The highest BCUT2D eigenvalue weighted by molar-refractivity contribution is 5.99. The van der Waals surface area contributed by atoms with Gasteiger partial charge in [0.05, 0.1) is 0 Å². The van der Waals surface area contributed by atoms with Gasteiger partial charge in [-0.05, 0) is 93.2 Å². The lowest BCUT2D eigenvalue weighted by Gasteiger charge is -2.35. The fraction of sp³-hybridized carbons (Fsp3) is 0.433. The van der Waals surface area contributed by atoms with Gasteiger partial charge in [-0.15, -0.1) is 0 Å². The number of carbonyl (C=O) groups is 2. The number of carboxylic acids is 1. The van der Waals surface area contributed by atoms with Gasteiger partial charge in [-0.3, -0.25) is 4.79 Å². The number of carboxylic acid groups (broad SMARTS) is 1. The van der Waals surface area contributed by atoms with Crippen LogP contribution in [0.3, 0.4) is 0 Å². The van der Waals surface area contributed by atoms with Crippen LogP contribution >= 0.6 is 0 Å². The largest absolute Gasteiger partial charge is 0.480 e. The molecule has 7 nitrogen and oxygen atoms in total. The highest BCUT2D eigenvalue weighted by atomic mass is 16.4. The van der Waals surface area contributed by atoms with Crippen molar-refractivity contribution in [1.29, 1.82) is 0 Å². The smallest absolute Gasteiger partial charge is 0.326 e. The Morgan fingerprint density at radius 1 is 1.14 bits per heavy atom. The standard InChI is InChI=1S/C30H38N4O3/c1-20-11-14-31-27(17-20)32-19-24-12-15-34(16-13-24)25-9-7-23(8-10-25)18-26(30(36)37)33-29(35)28-21(2)5-4-6-22(28)3/h4-7,9-11,14,17,23-24,26H,8,12-13,15-16,18-19H2,1-3H3,(H,31,32)(H,33,35)(H,36,37). The second kappa shape index (κ2) is 12.1. The van der Waals surface area contributed by atoms with Crippen LogP contribution in [-0.4, -0.2) is 52.5 Å². The molecule has 1 saturated heterocycles. The van der Waals surface area contributed by atoms with Crippen LogP contribution in [-0.2, 0) is 4.79 Å². The fourth-order valence-corrected chi connectivity index (χ4v) is 5.27. The minimum absolute atomic E-state index is 0.0756. The summed E-state index contributed by atoms with van der Waals surface area (Å²) in [5.74, 6) is 0.313. The van der Waals surface area contributed by atoms with E-state index in [4.69, 9.17) is 0 Å². The number of piperidine rings is 1. The molecule has 2 aliphatic rings. The number of pyridine rings is 1. The average Bonchev–Trinajstić information content (AvgIpc) is 2.88. The van der Waals surface area contributed by atoms with Gasteiger partial charge >= 0.3 is 5.97 Å². The van der Waals surface area contributed by atoms with Crippen LogP contribution in [0.25, 0.3) is 0 Å². The van der Waals surface area contributed by atoms with Crippen LogP contribution in [0.4, 0.5) is 5.82 Å². The molecule has 196 valence electrons. The van der Waals surface area contributed by atoms with E-state index < -0.39 is 12.0 Å². The third-order valence-electron chi connectivity index (χ3n) is 7.49. The average molecular weight is 503 g/mol. The molecule has 1 amide bonds. The summed E-state index contributed by atoms with van der Waals surface area (Å²) in [5.41, 5.74) is 4.68. The summed E-state index contributed by atoms with van der Waals surface area (Å²) in [6, 6.07) is 8.79. The van der Waals surface area contributed by atoms with Crippen molar-refractivity contribution in [3.63, 3.8) is 0 Å². The summed E-state index contributed by atoms with van der Waals surface area (Å²) in [7, 11) is 0. The van der Waals surface area contributed by atoms with Gasteiger partial charge in [0.1, 0.15) is 11.9 Å². The maximum Gasteiger partial charge on any atom is 0.326 e. The van der Waals surface area contributed by atoms with Crippen molar-refractivity contribution in [3.8, 4) is 0 Å². The van der Waals surface area contributed by atoms with Crippen molar-refractivity contribution in [2.75, 3.05) is 25.0 Å². The number of allylic oxidation sites excluding steroid dienone is 3. The Balaban J connectivity index is 1.25. The lowest BCUT2D eigenvalue weighted by atomic mass is 9.90. The van der Waals surface area contributed by atoms with Crippen LogP contribution in [0, 0.1) is 32.6 Å². The molecule has 1 fully saturated rings. The molecule has 7 heteroatoms. The number of hydrogen-bond acceptors (Lipinski definition) is 5. The van der Waals surface area contributed by atoms with Crippen molar-refractivity contribution in [1.82, 2.24) is 15.2 Å². The number of aryl methyl sites for hydroxylation is 3. The summed E-state index contributed by atoms with van der Waals surface area (Å²) in [6.07, 6.45) is 11.7. The van der Waals surface area contributed by atoms with Crippen molar-refractivity contribution in [2.24, 2.45) is 11.8 Å². The summed E-state index contributed by atoms with van der Waals surface area (Å²) < 4.78 is 0. The quantitative estimate of drug-likeness (QED) is 0.453. The summed E-state index contributed by atoms with van der Waals surface area (Å²) in [5, 5.41) is 16.0. The highest BCUT2D eigenvalue weighted by Crippen LogP contribution is 2.27. The summed E-state index contributed by atoms with van der Waals surface area (Å²) >= 11 is 0. The number of carbonyl (C=O) groups excluding carboxylic acids is 1. The second-order valence-electron chi connectivity index (χ2n) is 10.4. The zero-order chi connectivity index (χ0) is 26.4. The van der Waals surface area contributed by atoms with Crippen LogP contribution in [0.15, 0.2) is 60.5 Å². The zero-order valence-electron chi connectivity index (χ0n) is 22.0. The number of hydrogen-bond donors (Lipinski definition) is 3. The van der Waals surface area contributed by atoms with Crippen molar-refractivity contribution < 1.29 is 14.7 Å². The molecule has 1 aliphatic carbocycles. The minimum Gasteiger partial charge on any atom is -0.480 e. The molecule has 3 N–H and O–H groups in total. The van der Waals surface area contributed by atoms with Crippen LogP contribution in [0.2, 0.25) is 0 Å². The Morgan fingerprint density at radius 3 is 2.49 bits per heavy atom. The number of benzene rings is 1. The second-order valence-corrected chi connectivity index (χ2v) is 10.4. The molecule has 1 aliphatic heterocycles. The number of nitrogens with zero attached hydrogens (tertiary/aromatic N) is 2. The first-order valence-electron chi connectivity index (χ1n) is 13.2. The van der Waals surface area contributed by atoms with E-state index in [1.165, 1.54) is 11.3 Å². The lowest BCUT2D eigenvalue weighted by Crippen LogP contribution is -2.42. The molecule has 0 radical (unpaired) electrons. The number of aromatic nitrogens is 1. The lowest BCUT2D eigenvalue weighted by molar-refractivity contribution is -0.139. The molecule has 0 spiro atoms. The molecule has 2 unspecified atom stereocenters. The van der Waals surface area contributed by atoms with Crippen molar-refractivity contribution in [3.05, 3.63) is 82.7 Å². The Kier molecular flexibility index (Phi) is 8.64. The van der Waals surface area contributed by atoms with E-state index in [-0.39, 0.29) is 11.8 Å². The van der Waals surface area contributed by atoms with Crippen LogP contribution < -0.4 is 10.6 Å². The Bertz CT molecular complexity index is 1160. The molecular weight excluding hydrogens is 464 g/mol.